The molecule has 2 aliphatic heterocycles. The van der Waals surface area contributed by atoms with Gasteiger partial charge in [-0.05, 0) is 31.5 Å². The van der Waals surface area contributed by atoms with Crippen LogP contribution in [0.2, 0.25) is 0 Å². The number of carbonyl (C=O) groups is 3. The van der Waals surface area contributed by atoms with Crippen LogP contribution in [-0.2, 0) is 20.0 Å². The number of fused-ring (bicyclic) bond motifs is 1. The summed E-state index contributed by atoms with van der Waals surface area (Å²) in [5.74, 6) is -3.81. The number of hydrogen-bond acceptors (Lipinski definition) is 8. The molecule has 7 N–H and O–H groups in total. The average molecular weight is 462 g/mol. The van der Waals surface area contributed by atoms with Crippen molar-refractivity contribution in [3.8, 4) is 17.5 Å². The van der Waals surface area contributed by atoms with E-state index in [4.69, 9.17) is 5.73 Å². The highest BCUT2D eigenvalue weighted by molar-refractivity contribution is 8.01. The van der Waals surface area contributed by atoms with E-state index in [1.54, 1.807) is 13.8 Å². The van der Waals surface area contributed by atoms with E-state index in [0.717, 1.165) is 33.4 Å². The van der Waals surface area contributed by atoms with Crippen LogP contribution in [0.5, 0.6) is 17.5 Å². The van der Waals surface area contributed by atoms with Crippen molar-refractivity contribution in [2.45, 2.75) is 41.7 Å². The first-order valence-corrected chi connectivity index (χ1v) is 10.5. The first kappa shape index (κ1) is 21.8. The number of carbonyl (C=O) groups excluding carboxylic acids is 2. The average Bonchev–Trinajstić information content (AvgIpc) is 3.17. The summed E-state index contributed by atoms with van der Waals surface area (Å²) in [5.41, 5.74) is 4.27. The monoisotopic (exact) mass is 462 g/mol. The Labute approximate surface area is 186 Å². The number of aromatic nitrogens is 1. The SMILES string of the molecule is CC1(C)S[C@@H]2[C@H](NC(=O)C(N)c3ccc(O)cc3)C(=O)N2[C@]1(C(=O)O)n1c(O)ccc1O. The predicted octanol–water partition coefficient (Wildman–Crippen LogP) is 0.221. The van der Waals surface area contributed by atoms with Gasteiger partial charge in [-0.2, -0.15) is 0 Å². The normalized spacial score (nSPS) is 26.8. The van der Waals surface area contributed by atoms with Crippen molar-refractivity contribution in [2.24, 2.45) is 5.73 Å². The largest absolute Gasteiger partial charge is 0.508 e. The smallest absolute Gasteiger partial charge is 0.353 e. The number of benzene rings is 1. The van der Waals surface area contributed by atoms with Crippen LogP contribution in [0.25, 0.3) is 0 Å². The molecule has 11 nitrogen and oxygen atoms in total. The van der Waals surface area contributed by atoms with Crippen LogP contribution in [0.15, 0.2) is 36.4 Å². The number of hydrogen-bond donors (Lipinski definition) is 6. The number of rotatable bonds is 5. The van der Waals surface area contributed by atoms with Gasteiger partial charge in [0, 0.05) is 12.1 Å². The van der Waals surface area contributed by atoms with E-state index in [9.17, 15) is 34.8 Å². The molecule has 1 aromatic carbocycles. The van der Waals surface area contributed by atoms with Crippen molar-refractivity contribution in [3.05, 3.63) is 42.0 Å². The van der Waals surface area contributed by atoms with E-state index in [1.807, 2.05) is 0 Å². The molecule has 1 unspecified atom stereocenters. The topological polar surface area (TPSA) is 178 Å². The molecule has 12 heteroatoms. The number of phenols is 1. The molecule has 0 spiro atoms. The highest BCUT2D eigenvalue weighted by Gasteiger charge is 2.75. The van der Waals surface area contributed by atoms with Crippen LogP contribution in [0.1, 0.15) is 25.5 Å². The summed E-state index contributed by atoms with van der Waals surface area (Å²) in [7, 11) is 0. The summed E-state index contributed by atoms with van der Waals surface area (Å²) >= 11 is 1.12. The molecule has 0 bridgehead atoms. The number of β-lactam (4-membered cyclic amide) rings is 1. The van der Waals surface area contributed by atoms with E-state index >= 15 is 0 Å². The number of nitrogens with one attached hydrogen (secondary N) is 1. The van der Waals surface area contributed by atoms with E-state index in [-0.39, 0.29) is 5.75 Å². The third-order valence-corrected chi connectivity index (χ3v) is 7.54. The van der Waals surface area contributed by atoms with Gasteiger partial charge in [-0.1, -0.05) is 12.1 Å². The first-order valence-electron chi connectivity index (χ1n) is 9.63. The van der Waals surface area contributed by atoms with E-state index in [0.29, 0.717) is 5.56 Å². The van der Waals surface area contributed by atoms with Gasteiger partial charge in [-0.15, -0.1) is 11.8 Å². The Kier molecular flexibility index (Phi) is 4.82. The Morgan fingerprint density at radius 1 is 1.09 bits per heavy atom. The van der Waals surface area contributed by atoms with Crippen molar-refractivity contribution < 1.29 is 34.8 Å². The number of amides is 2. The van der Waals surface area contributed by atoms with Gasteiger partial charge in [0.1, 0.15) is 23.2 Å². The maximum Gasteiger partial charge on any atom is 0.353 e. The second-order valence-corrected chi connectivity index (χ2v) is 9.88. The van der Waals surface area contributed by atoms with Gasteiger partial charge in [-0.25, -0.2) is 9.36 Å². The molecule has 2 fully saturated rings. The number of aliphatic carboxylic acids is 1. The fourth-order valence-corrected chi connectivity index (χ4v) is 6.12. The number of carboxylic acid groups (broad SMARTS) is 1. The molecule has 0 saturated carbocycles. The van der Waals surface area contributed by atoms with Gasteiger partial charge >= 0.3 is 5.97 Å². The minimum absolute atomic E-state index is 0.0114. The van der Waals surface area contributed by atoms with E-state index in [1.165, 1.54) is 24.3 Å². The number of phenolic OH excluding ortho intramolecular Hbond substituents is 1. The van der Waals surface area contributed by atoms with Gasteiger partial charge in [-0.3, -0.25) is 14.5 Å². The van der Waals surface area contributed by atoms with Crippen molar-refractivity contribution in [1.29, 1.82) is 0 Å². The van der Waals surface area contributed by atoms with Crippen molar-refractivity contribution in [2.75, 3.05) is 0 Å². The molecule has 0 radical (unpaired) electrons. The summed E-state index contributed by atoms with van der Waals surface area (Å²) in [6.07, 6.45) is 0. The molecular weight excluding hydrogens is 440 g/mol. The molecule has 4 rings (SSSR count). The van der Waals surface area contributed by atoms with Gasteiger partial charge in [0.05, 0.1) is 4.75 Å². The van der Waals surface area contributed by atoms with Gasteiger partial charge < -0.3 is 31.5 Å². The molecular formula is C20H22N4O7S. The van der Waals surface area contributed by atoms with Crippen LogP contribution in [0, 0.1) is 0 Å². The number of nitrogens with zero attached hydrogens (tertiary/aromatic N) is 2. The van der Waals surface area contributed by atoms with E-state index < -0.39 is 57.4 Å². The zero-order chi connectivity index (χ0) is 23.6. The highest BCUT2D eigenvalue weighted by atomic mass is 32.2. The second kappa shape index (κ2) is 7.07. The Bertz CT molecular complexity index is 1100. The predicted molar refractivity (Wildman–Crippen MR) is 113 cm³/mol. The molecule has 2 aromatic rings. The Hall–Kier alpha value is -3.38. The van der Waals surface area contributed by atoms with Crippen LogP contribution in [-0.4, -0.2) is 63.8 Å². The van der Waals surface area contributed by atoms with E-state index in [2.05, 4.69) is 5.32 Å². The summed E-state index contributed by atoms with van der Waals surface area (Å²) in [5, 5.41) is 41.9. The van der Waals surface area contributed by atoms with Crippen molar-refractivity contribution in [3.63, 3.8) is 0 Å². The summed E-state index contributed by atoms with van der Waals surface area (Å²) < 4.78 is -0.397. The Balaban J connectivity index is 1.64. The van der Waals surface area contributed by atoms with Gasteiger partial charge in [0.25, 0.3) is 5.91 Å². The fraction of sp³-hybridized carbons (Fsp3) is 0.350. The van der Waals surface area contributed by atoms with Crippen LogP contribution < -0.4 is 11.1 Å². The lowest BCUT2D eigenvalue weighted by atomic mass is 9.88. The molecule has 3 heterocycles. The third-order valence-electron chi connectivity index (χ3n) is 5.94. The molecule has 0 aliphatic carbocycles. The zero-order valence-corrected chi connectivity index (χ0v) is 17.9. The first-order chi connectivity index (χ1) is 14.9. The second-order valence-electron chi connectivity index (χ2n) is 8.14. The van der Waals surface area contributed by atoms with Crippen LogP contribution >= 0.6 is 11.8 Å². The molecule has 4 atom stereocenters. The maximum absolute atomic E-state index is 13.1. The third kappa shape index (κ3) is 2.76. The lowest BCUT2D eigenvalue weighted by molar-refractivity contribution is -0.182. The fourth-order valence-electron chi connectivity index (χ4n) is 4.39. The minimum atomic E-state index is -2.13. The Morgan fingerprint density at radius 3 is 2.19 bits per heavy atom. The van der Waals surface area contributed by atoms with Crippen molar-refractivity contribution >= 4 is 29.5 Å². The number of carboxylic acids is 1. The lowest BCUT2D eigenvalue weighted by Gasteiger charge is -2.50. The van der Waals surface area contributed by atoms with Crippen molar-refractivity contribution in [1.82, 2.24) is 14.8 Å². The molecule has 32 heavy (non-hydrogen) atoms. The highest BCUT2D eigenvalue weighted by Crippen LogP contribution is 2.60. The standard InChI is InChI=1S/C20H22N4O7S/c1-19(2)20(18(30)31,23-11(26)7-8-12(23)27)24-16(29)14(17(24)32-19)22-15(28)13(21)9-3-5-10(25)6-4-9/h3-8,13-14,17,25-27H,21H2,1-2H3,(H,22,28)(H,30,31)/t13?,14-,17-,20+/m1/s1. The lowest BCUT2D eigenvalue weighted by Crippen LogP contribution is -2.75. The molecule has 2 aliphatic rings. The molecule has 2 saturated heterocycles. The Morgan fingerprint density at radius 2 is 1.66 bits per heavy atom. The number of aromatic hydroxyl groups is 3. The minimum Gasteiger partial charge on any atom is -0.508 e. The van der Waals surface area contributed by atoms with Crippen LogP contribution in [0.4, 0.5) is 0 Å². The summed E-state index contributed by atoms with van der Waals surface area (Å²) in [6, 6.07) is 5.83. The number of nitrogens with two attached hydrogens (primary N) is 1. The molecule has 170 valence electrons. The van der Waals surface area contributed by atoms with Crippen LogP contribution in [0.3, 0.4) is 0 Å². The number of thioether (sulfide) groups is 1. The molecule has 1 aromatic heterocycles. The summed E-state index contributed by atoms with van der Waals surface area (Å²) in [4.78, 5) is 39.4. The van der Waals surface area contributed by atoms with Gasteiger partial charge in [0.15, 0.2) is 11.8 Å². The summed E-state index contributed by atoms with van der Waals surface area (Å²) in [6.45, 7) is 3.16. The maximum atomic E-state index is 13.1. The quantitative estimate of drug-likeness (QED) is 0.339. The molecule has 2 amide bonds. The van der Waals surface area contributed by atoms with Gasteiger partial charge in [0.2, 0.25) is 11.6 Å². The zero-order valence-electron chi connectivity index (χ0n) is 17.1.